The Morgan fingerprint density at radius 1 is 1.16 bits per heavy atom. The Bertz CT molecular complexity index is 1120. The van der Waals surface area contributed by atoms with Gasteiger partial charge in [-0.05, 0) is 60.2 Å². The van der Waals surface area contributed by atoms with E-state index < -0.39 is 0 Å². The van der Waals surface area contributed by atoms with Crippen molar-refractivity contribution in [2.45, 2.75) is 43.9 Å². The summed E-state index contributed by atoms with van der Waals surface area (Å²) in [4.78, 5) is 13.3. The summed E-state index contributed by atoms with van der Waals surface area (Å²) in [5.74, 6) is 0.608. The molecule has 1 heterocycles. The summed E-state index contributed by atoms with van der Waals surface area (Å²) in [5, 5.41) is 18.6. The van der Waals surface area contributed by atoms with Crippen molar-refractivity contribution >= 4 is 16.7 Å². The third-order valence-corrected chi connectivity index (χ3v) is 6.51. The van der Waals surface area contributed by atoms with Crippen molar-refractivity contribution in [3.05, 3.63) is 77.4 Å². The molecule has 1 saturated carbocycles. The van der Waals surface area contributed by atoms with E-state index in [9.17, 15) is 9.90 Å². The number of aliphatic hydroxyl groups excluding tert-OH is 1. The van der Waals surface area contributed by atoms with E-state index in [0.717, 1.165) is 18.4 Å². The lowest BCUT2D eigenvalue weighted by atomic mass is 9.96. The number of hydrogen-bond donors (Lipinski definition) is 3. The zero-order valence-corrected chi connectivity index (χ0v) is 17.7. The molecule has 31 heavy (non-hydrogen) atoms. The number of nitrogens with one attached hydrogen (secondary N) is 2. The highest BCUT2D eigenvalue weighted by Gasteiger charge is 2.46. The molecule has 3 aromatic rings. The van der Waals surface area contributed by atoms with Crippen LogP contribution in [-0.4, -0.2) is 36.3 Å². The second-order valence-corrected chi connectivity index (χ2v) is 8.85. The van der Waals surface area contributed by atoms with Gasteiger partial charge >= 0.3 is 0 Å². The lowest BCUT2D eigenvalue weighted by Gasteiger charge is -2.21. The van der Waals surface area contributed by atoms with Gasteiger partial charge in [-0.25, -0.2) is 0 Å². The van der Waals surface area contributed by atoms with Crippen LogP contribution in [-0.2, 0) is 5.54 Å². The number of β-amino-alcohol motifs (C(OH)–C–C–N with tert-alkyl or cyclic N) is 1. The van der Waals surface area contributed by atoms with E-state index in [1.807, 2.05) is 37.3 Å². The molecule has 5 rings (SSSR count). The van der Waals surface area contributed by atoms with Crippen LogP contribution in [0, 0.1) is 6.92 Å². The van der Waals surface area contributed by atoms with Gasteiger partial charge in [-0.3, -0.25) is 4.79 Å². The van der Waals surface area contributed by atoms with E-state index in [-0.39, 0.29) is 23.6 Å². The topological polar surface area (TPSA) is 70.6 Å². The first-order valence-corrected chi connectivity index (χ1v) is 11.0. The maximum Gasteiger partial charge on any atom is 0.252 e. The van der Waals surface area contributed by atoms with Gasteiger partial charge < -0.3 is 20.5 Å². The van der Waals surface area contributed by atoms with Crippen LogP contribution < -0.4 is 15.4 Å². The number of benzene rings is 3. The summed E-state index contributed by atoms with van der Waals surface area (Å²) < 4.78 is 5.92. The van der Waals surface area contributed by atoms with Crippen LogP contribution in [0.15, 0.2) is 60.7 Å². The minimum atomic E-state index is -0.309. The summed E-state index contributed by atoms with van der Waals surface area (Å²) in [6, 6.07) is 20.4. The molecule has 2 atom stereocenters. The molecule has 2 aliphatic rings. The Morgan fingerprint density at radius 3 is 2.74 bits per heavy atom. The molecule has 160 valence electrons. The fraction of sp³-hybridized carbons (Fsp3) is 0.346. The Balaban J connectivity index is 1.34. The summed E-state index contributed by atoms with van der Waals surface area (Å²) in [6.45, 7) is 3.03. The fourth-order valence-corrected chi connectivity index (χ4v) is 4.57. The van der Waals surface area contributed by atoms with Gasteiger partial charge in [0.1, 0.15) is 12.4 Å². The maximum atomic E-state index is 13.3. The van der Waals surface area contributed by atoms with E-state index >= 15 is 0 Å². The average Bonchev–Trinajstić information content (AvgIpc) is 3.44. The van der Waals surface area contributed by atoms with Crippen molar-refractivity contribution in [2.75, 3.05) is 13.2 Å². The predicted molar refractivity (Wildman–Crippen MR) is 121 cm³/mol. The number of fused-ring (bicyclic) bond motifs is 1. The van der Waals surface area contributed by atoms with Crippen molar-refractivity contribution in [2.24, 2.45) is 0 Å². The first-order valence-electron chi connectivity index (χ1n) is 11.0. The first kappa shape index (κ1) is 20.0. The standard InChI is InChI=1S/C26H28N2O3/c1-17-9-10-21(31-16-19-13-20(29)15-27-19)14-23(17)25(30)28-26(11-12-26)24-8-4-6-18-5-2-3-7-22(18)24/h2-10,14,19-20,27,29H,11-13,15-16H2,1H3,(H,28,30)/t19?,20-/m1/s1. The van der Waals surface area contributed by atoms with Gasteiger partial charge in [0.25, 0.3) is 5.91 Å². The SMILES string of the molecule is Cc1ccc(OCC2C[C@@H](O)CN2)cc1C(=O)NC1(c2cccc3ccccc23)CC1. The van der Waals surface area contributed by atoms with Crippen LogP contribution in [0.5, 0.6) is 5.75 Å². The van der Waals surface area contributed by atoms with E-state index in [0.29, 0.717) is 30.9 Å². The van der Waals surface area contributed by atoms with E-state index in [4.69, 9.17) is 4.74 Å². The first-order chi connectivity index (χ1) is 15.0. The second kappa shape index (κ2) is 7.98. The Morgan fingerprint density at radius 2 is 1.97 bits per heavy atom. The van der Waals surface area contributed by atoms with Crippen LogP contribution in [0.25, 0.3) is 10.8 Å². The van der Waals surface area contributed by atoms with Crippen LogP contribution in [0.2, 0.25) is 0 Å². The molecule has 0 bridgehead atoms. The number of rotatable bonds is 6. The van der Waals surface area contributed by atoms with Gasteiger partial charge in [-0.1, -0.05) is 48.5 Å². The summed E-state index contributed by atoms with van der Waals surface area (Å²) >= 11 is 0. The molecule has 0 aromatic heterocycles. The molecule has 0 radical (unpaired) electrons. The summed E-state index contributed by atoms with van der Waals surface area (Å²) in [5.41, 5.74) is 2.46. The summed E-state index contributed by atoms with van der Waals surface area (Å²) in [7, 11) is 0. The Labute approximate surface area is 182 Å². The van der Waals surface area contributed by atoms with Crippen LogP contribution >= 0.6 is 0 Å². The lowest BCUT2D eigenvalue weighted by Crippen LogP contribution is -2.35. The molecular weight excluding hydrogens is 388 g/mol. The highest BCUT2D eigenvalue weighted by molar-refractivity contribution is 5.97. The van der Waals surface area contributed by atoms with E-state index in [2.05, 4.69) is 41.0 Å². The molecule has 1 saturated heterocycles. The lowest BCUT2D eigenvalue weighted by molar-refractivity contribution is 0.0930. The molecule has 0 spiro atoms. The number of hydrogen-bond acceptors (Lipinski definition) is 4. The number of carbonyl (C=O) groups excluding carboxylic acids is 1. The third kappa shape index (κ3) is 4.03. The maximum absolute atomic E-state index is 13.3. The van der Waals surface area contributed by atoms with Crippen molar-refractivity contribution in [1.82, 2.24) is 10.6 Å². The smallest absolute Gasteiger partial charge is 0.252 e. The second-order valence-electron chi connectivity index (χ2n) is 8.85. The molecule has 3 aromatic carbocycles. The highest BCUT2D eigenvalue weighted by Crippen LogP contribution is 2.48. The van der Waals surface area contributed by atoms with Crippen LogP contribution in [0.1, 0.15) is 40.7 Å². The van der Waals surface area contributed by atoms with E-state index in [1.54, 1.807) is 0 Å². The molecule has 1 unspecified atom stereocenters. The average molecular weight is 417 g/mol. The fourth-order valence-electron chi connectivity index (χ4n) is 4.57. The number of aliphatic hydroxyl groups is 1. The Hall–Kier alpha value is -2.89. The normalized spacial score (nSPS) is 21.7. The minimum absolute atomic E-state index is 0.0669. The zero-order valence-electron chi connectivity index (χ0n) is 17.7. The van der Waals surface area contributed by atoms with Gasteiger partial charge in [0.15, 0.2) is 0 Å². The molecule has 3 N–H and O–H groups in total. The van der Waals surface area contributed by atoms with Crippen molar-refractivity contribution in [3.8, 4) is 5.75 Å². The molecule has 5 nitrogen and oxygen atoms in total. The monoisotopic (exact) mass is 416 g/mol. The molecular formula is C26H28N2O3. The van der Waals surface area contributed by atoms with Crippen molar-refractivity contribution < 1.29 is 14.6 Å². The molecule has 1 amide bonds. The van der Waals surface area contributed by atoms with Crippen molar-refractivity contribution in [3.63, 3.8) is 0 Å². The quantitative estimate of drug-likeness (QED) is 0.573. The number of aryl methyl sites for hydroxylation is 1. The zero-order chi connectivity index (χ0) is 21.4. The van der Waals surface area contributed by atoms with Gasteiger partial charge in [0.2, 0.25) is 0 Å². The molecule has 2 fully saturated rings. The van der Waals surface area contributed by atoms with E-state index in [1.165, 1.54) is 16.3 Å². The molecule has 1 aliphatic carbocycles. The number of amides is 1. The minimum Gasteiger partial charge on any atom is -0.492 e. The summed E-state index contributed by atoms with van der Waals surface area (Å²) in [6.07, 6.45) is 2.26. The van der Waals surface area contributed by atoms with Crippen LogP contribution in [0.4, 0.5) is 0 Å². The molecule has 1 aliphatic heterocycles. The van der Waals surface area contributed by atoms with Crippen LogP contribution in [0.3, 0.4) is 0 Å². The van der Waals surface area contributed by atoms with Gasteiger partial charge in [0, 0.05) is 18.2 Å². The number of ether oxygens (including phenoxy) is 1. The highest BCUT2D eigenvalue weighted by atomic mass is 16.5. The molecule has 5 heteroatoms. The Kier molecular flexibility index (Phi) is 5.16. The van der Waals surface area contributed by atoms with Gasteiger partial charge in [0.05, 0.1) is 11.6 Å². The van der Waals surface area contributed by atoms with Crippen molar-refractivity contribution in [1.29, 1.82) is 0 Å². The largest absolute Gasteiger partial charge is 0.492 e. The van der Waals surface area contributed by atoms with Gasteiger partial charge in [-0.15, -0.1) is 0 Å². The van der Waals surface area contributed by atoms with Gasteiger partial charge in [-0.2, -0.15) is 0 Å². The third-order valence-electron chi connectivity index (χ3n) is 6.51. The predicted octanol–water partition coefficient (Wildman–Crippen LogP) is 3.67. The number of carbonyl (C=O) groups is 1.